The number of benzene rings is 2. The van der Waals surface area contributed by atoms with Crippen molar-refractivity contribution < 1.29 is 19.0 Å². The summed E-state index contributed by atoms with van der Waals surface area (Å²) in [6.07, 6.45) is 3.18. The van der Waals surface area contributed by atoms with Gasteiger partial charge < -0.3 is 19.5 Å². The molecule has 0 heterocycles. The summed E-state index contributed by atoms with van der Waals surface area (Å²) in [4.78, 5) is 12.0. The summed E-state index contributed by atoms with van der Waals surface area (Å²) in [7, 11) is 3.15. The Bertz CT molecular complexity index is 708. The van der Waals surface area contributed by atoms with E-state index >= 15 is 0 Å². The minimum absolute atomic E-state index is 0.214. The molecule has 0 unspecified atom stereocenters. The molecule has 5 nitrogen and oxygen atoms in total. The van der Waals surface area contributed by atoms with Crippen LogP contribution < -0.4 is 19.5 Å². The zero-order chi connectivity index (χ0) is 17.4. The quantitative estimate of drug-likeness (QED) is 0.787. The number of nitrogens with one attached hydrogen (secondary N) is 1. The van der Waals surface area contributed by atoms with Gasteiger partial charge in [-0.25, -0.2) is 0 Å². The van der Waals surface area contributed by atoms with Gasteiger partial charge in [-0.2, -0.15) is 0 Å². The predicted octanol–water partition coefficient (Wildman–Crippen LogP) is 3.75. The van der Waals surface area contributed by atoms with Gasteiger partial charge in [0, 0.05) is 11.8 Å². The van der Waals surface area contributed by atoms with Gasteiger partial charge in [-0.15, -0.1) is 0 Å². The first kappa shape index (κ1) is 17.4. The Morgan fingerprint density at radius 2 is 1.75 bits per heavy atom. The number of carbonyl (C=O) groups is 1. The Morgan fingerprint density at radius 3 is 2.38 bits per heavy atom. The molecule has 0 aliphatic carbocycles. The lowest BCUT2D eigenvalue weighted by Crippen LogP contribution is -2.07. The number of ether oxygens (including phenoxy) is 3. The van der Waals surface area contributed by atoms with Crippen molar-refractivity contribution in [2.75, 3.05) is 26.1 Å². The number of hydrogen-bond acceptors (Lipinski definition) is 4. The number of rotatable bonds is 7. The zero-order valence-corrected chi connectivity index (χ0v) is 14.0. The van der Waals surface area contributed by atoms with Crippen molar-refractivity contribution in [3.8, 4) is 17.2 Å². The molecule has 0 aliphatic heterocycles. The Hall–Kier alpha value is -2.95. The maximum atomic E-state index is 12.0. The van der Waals surface area contributed by atoms with Crippen molar-refractivity contribution in [1.29, 1.82) is 0 Å². The van der Waals surface area contributed by atoms with Crippen LogP contribution in [-0.2, 0) is 4.79 Å². The molecule has 0 fully saturated rings. The molecule has 0 saturated heterocycles. The van der Waals surface area contributed by atoms with Crippen LogP contribution in [0.25, 0.3) is 6.08 Å². The van der Waals surface area contributed by atoms with Crippen molar-refractivity contribution in [1.82, 2.24) is 0 Å². The van der Waals surface area contributed by atoms with Gasteiger partial charge in [-0.3, -0.25) is 4.79 Å². The SMILES string of the molecule is CCOc1ccc(NC(=O)C=Cc2ccc(OC)c(OC)c2)cc1. The van der Waals surface area contributed by atoms with E-state index in [4.69, 9.17) is 14.2 Å². The van der Waals surface area contributed by atoms with E-state index in [2.05, 4.69) is 5.32 Å². The minimum Gasteiger partial charge on any atom is -0.494 e. The standard InChI is InChI=1S/C19H21NO4/c1-4-24-16-9-7-15(8-10-16)20-19(21)12-6-14-5-11-17(22-2)18(13-14)23-3/h5-13H,4H2,1-3H3,(H,20,21). The van der Waals surface area contributed by atoms with Crippen molar-refractivity contribution in [3.05, 3.63) is 54.1 Å². The van der Waals surface area contributed by atoms with E-state index in [0.717, 1.165) is 11.3 Å². The van der Waals surface area contributed by atoms with E-state index in [1.165, 1.54) is 6.08 Å². The molecule has 0 saturated carbocycles. The lowest BCUT2D eigenvalue weighted by molar-refractivity contribution is -0.111. The summed E-state index contributed by atoms with van der Waals surface area (Å²) >= 11 is 0. The normalized spacial score (nSPS) is 10.5. The van der Waals surface area contributed by atoms with Crippen LogP contribution in [0.3, 0.4) is 0 Å². The topological polar surface area (TPSA) is 56.8 Å². The summed E-state index contributed by atoms with van der Waals surface area (Å²) in [5, 5.41) is 2.80. The largest absolute Gasteiger partial charge is 0.494 e. The zero-order valence-electron chi connectivity index (χ0n) is 14.0. The van der Waals surface area contributed by atoms with Gasteiger partial charge in [0.15, 0.2) is 11.5 Å². The molecular weight excluding hydrogens is 306 g/mol. The van der Waals surface area contributed by atoms with Crippen molar-refractivity contribution in [2.24, 2.45) is 0 Å². The van der Waals surface area contributed by atoms with Gasteiger partial charge in [0.1, 0.15) is 5.75 Å². The van der Waals surface area contributed by atoms with Gasteiger partial charge in [0.05, 0.1) is 20.8 Å². The molecule has 5 heteroatoms. The molecular formula is C19H21NO4. The summed E-state index contributed by atoms with van der Waals surface area (Å²) in [5.74, 6) is 1.82. The van der Waals surface area contributed by atoms with Crippen LogP contribution in [0, 0.1) is 0 Å². The highest BCUT2D eigenvalue weighted by atomic mass is 16.5. The third-order valence-electron chi connectivity index (χ3n) is 3.27. The fraction of sp³-hybridized carbons (Fsp3) is 0.211. The second kappa shape index (κ2) is 8.62. The summed E-state index contributed by atoms with van der Waals surface area (Å²) in [6, 6.07) is 12.7. The van der Waals surface area contributed by atoms with Crippen LogP contribution in [0.4, 0.5) is 5.69 Å². The van der Waals surface area contributed by atoms with Gasteiger partial charge in [0.2, 0.25) is 5.91 Å². The average Bonchev–Trinajstić information content (AvgIpc) is 2.61. The number of carbonyl (C=O) groups excluding carboxylic acids is 1. The van der Waals surface area contributed by atoms with Gasteiger partial charge >= 0.3 is 0 Å². The Morgan fingerprint density at radius 1 is 1.04 bits per heavy atom. The van der Waals surface area contributed by atoms with Crippen molar-refractivity contribution in [2.45, 2.75) is 6.92 Å². The number of hydrogen-bond donors (Lipinski definition) is 1. The molecule has 24 heavy (non-hydrogen) atoms. The molecule has 0 spiro atoms. The van der Waals surface area contributed by atoms with E-state index in [1.54, 1.807) is 44.6 Å². The molecule has 0 atom stereocenters. The monoisotopic (exact) mass is 327 g/mol. The third kappa shape index (κ3) is 4.78. The number of anilines is 1. The first-order valence-electron chi connectivity index (χ1n) is 7.60. The van der Waals surface area contributed by atoms with Crippen molar-refractivity contribution in [3.63, 3.8) is 0 Å². The highest BCUT2D eigenvalue weighted by Crippen LogP contribution is 2.28. The lowest BCUT2D eigenvalue weighted by atomic mass is 10.2. The Labute approximate surface area is 141 Å². The van der Waals surface area contributed by atoms with Crippen molar-refractivity contribution >= 4 is 17.7 Å². The highest BCUT2D eigenvalue weighted by molar-refractivity contribution is 6.01. The average molecular weight is 327 g/mol. The molecule has 0 bridgehead atoms. The first-order valence-corrected chi connectivity index (χ1v) is 7.60. The molecule has 0 aliphatic rings. The van der Waals surface area contributed by atoms with E-state index < -0.39 is 0 Å². The molecule has 2 aromatic rings. The van der Waals surface area contributed by atoms with Crippen LogP contribution in [0.15, 0.2) is 48.5 Å². The Kier molecular flexibility index (Phi) is 6.25. The molecule has 0 radical (unpaired) electrons. The minimum atomic E-state index is -0.214. The summed E-state index contributed by atoms with van der Waals surface area (Å²) in [5.41, 5.74) is 1.55. The number of methoxy groups -OCH3 is 2. The molecule has 1 N–H and O–H groups in total. The first-order chi connectivity index (χ1) is 11.7. The molecule has 2 aromatic carbocycles. The molecule has 2 rings (SSSR count). The van der Waals surface area contributed by atoms with E-state index in [-0.39, 0.29) is 5.91 Å². The van der Waals surface area contributed by atoms with E-state index in [1.807, 2.05) is 25.1 Å². The van der Waals surface area contributed by atoms with Crippen LogP contribution >= 0.6 is 0 Å². The predicted molar refractivity (Wildman–Crippen MR) is 94.8 cm³/mol. The smallest absolute Gasteiger partial charge is 0.248 e. The maximum Gasteiger partial charge on any atom is 0.248 e. The van der Waals surface area contributed by atoms with Crippen LogP contribution in [0.2, 0.25) is 0 Å². The molecule has 126 valence electrons. The molecule has 0 aromatic heterocycles. The summed E-state index contributed by atoms with van der Waals surface area (Å²) < 4.78 is 15.8. The highest BCUT2D eigenvalue weighted by Gasteiger charge is 2.03. The van der Waals surface area contributed by atoms with Gasteiger partial charge in [-0.05, 0) is 55.0 Å². The fourth-order valence-electron chi connectivity index (χ4n) is 2.11. The number of amides is 1. The second-order valence-electron chi connectivity index (χ2n) is 4.89. The van der Waals surface area contributed by atoms with E-state index in [9.17, 15) is 4.79 Å². The molecule has 1 amide bonds. The third-order valence-corrected chi connectivity index (χ3v) is 3.27. The van der Waals surface area contributed by atoms with Crippen LogP contribution in [-0.4, -0.2) is 26.7 Å². The summed E-state index contributed by atoms with van der Waals surface area (Å²) in [6.45, 7) is 2.54. The van der Waals surface area contributed by atoms with Gasteiger partial charge in [0.25, 0.3) is 0 Å². The second-order valence-corrected chi connectivity index (χ2v) is 4.89. The van der Waals surface area contributed by atoms with Crippen LogP contribution in [0.5, 0.6) is 17.2 Å². The maximum absolute atomic E-state index is 12.0. The van der Waals surface area contributed by atoms with Crippen LogP contribution in [0.1, 0.15) is 12.5 Å². The lowest BCUT2D eigenvalue weighted by Gasteiger charge is -2.07. The Balaban J connectivity index is 1.99. The van der Waals surface area contributed by atoms with Gasteiger partial charge in [-0.1, -0.05) is 6.07 Å². The van der Waals surface area contributed by atoms with E-state index in [0.29, 0.717) is 23.8 Å². The fourth-order valence-corrected chi connectivity index (χ4v) is 2.11.